The van der Waals surface area contributed by atoms with Crippen LogP contribution in [-0.4, -0.2) is 50.4 Å². The molecule has 3 aromatic carbocycles. The van der Waals surface area contributed by atoms with E-state index in [0.29, 0.717) is 12.4 Å². The first-order valence-corrected chi connectivity index (χ1v) is 19.8. The Balaban J connectivity index is 0.000000251. The number of aryl methyl sites for hydroxylation is 1. The zero-order valence-corrected chi connectivity index (χ0v) is 31.4. The molecule has 2 unspecified atom stereocenters. The van der Waals surface area contributed by atoms with Crippen molar-refractivity contribution in [1.29, 1.82) is 0 Å². The molecule has 0 saturated carbocycles. The number of benzene rings is 3. The summed E-state index contributed by atoms with van der Waals surface area (Å²) >= 11 is -0.743. The molecule has 0 bridgehead atoms. The lowest BCUT2D eigenvalue weighted by Gasteiger charge is -2.18. The van der Waals surface area contributed by atoms with Crippen molar-refractivity contribution in [3.8, 4) is 28.7 Å². The van der Waals surface area contributed by atoms with Gasteiger partial charge in [0.05, 0.1) is 10.6 Å². The molecule has 5 rings (SSSR count). The Bertz CT molecular complexity index is 2150. The third-order valence-electron chi connectivity index (χ3n) is 8.39. The first-order valence-electron chi connectivity index (χ1n) is 16.9. The normalized spacial score (nSPS) is 13.6. The summed E-state index contributed by atoms with van der Waals surface area (Å²) in [7, 11) is -4.27. The molecule has 0 fully saturated rings. The number of nitrogens with one attached hydrogen (secondary N) is 1. The molecular formula is C36H42F3N3O9S2. The molecule has 0 aliphatic carbocycles. The van der Waals surface area contributed by atoms with Gasteiger partial charge in [0.1, 0.15) is 22.5 Å². The molecule has 1 aliphatic rings. The molecule has 0 radical (unpaired) electrons. The summed E-state index contributed by atoms with van der Waals surface area (Å²) in [5.74, 6) is 2.76. The van der Waals surface area contributed by atoms with Gasteiger partial charge < -0.3 is 18.8 Å². The number of ether oxygens (including phenoxy) is 3. The van der Waals surface area contributed by atoms with Crippen molar-refractivity contribution in [2.24, 2.45) is 7.05 Å². The maximum Gasteiger partial charge on any atom is 0.501 e. The quantitative estimate of drug-likeness (QED) is 0.118. The van der Waals surface area contributed by atoms with Crippen LogP contribution in [0.5, 0.6) is 23.0 Å². The lowest BCUT2D eigenvalue weighted by Crippen LogP contribution is -2.47. The van der Waals surface area contributed by atoms with Gasteiger partial charge in [-0.15, -0.1) is 0 Å². The Morgan fingerprint density at radius 1 is 0.925 bits per heavy atom. The number of aromatic nitrogens is 3. The minimum atomic E-state index is -5.47. The second-order valence-electron chi connectivity index (χ2n) is 12.4. The Morgan fingerprint density at radius 2 is 1.58 bits per heavy atom. The SMILES string of the molecule is CCCCCCCC[S+]([O-])C(C)Cc1ccc2c(c1)OCO2.Cc1cc(-n2c(=O)[nH]c(=O)n(C)c2=O)ccc1Oc1ccc(S(=O)(=O)C(F)(F)F)cc1. The Kier molecular flexibility index (Phi) is 14.0. The highest BCUT2D eigenvalue weighted by atomic mass is 32.2. The first kappa shape index (κ1) is 41.3. The number of hydrogen-bond acceptors (Lipinski definition) is 9. The lowest BCUT2D eigenvalue weighted by molar-refractivity contribution is -0.0436. The van der Waals surface area contributed by atoms with Crippen molar-refractivity contribution in [3.63, 3.8) is 0 Å². The van der Waals surface area contributed by atoms with Crippen molar-refractivity contribution in [2.45, 2.75) is 81.4 Å². The highest BCUT2D eigenvalue weighted by Crippen LogP contribution is 2.34. The second kappa shape index (κ2) is 18.0. The summed E-state index contributed by atoms with van der Waals surface area (Å²) in [6.45, 7) is 6.20. The van der Waals surface area contributed by atoms with E-state index in [0.717, 1.165) is 63.5 Å². The molecule has 0 saturated heterocycles. The van der Waals surface area contributed by atoms with Gasteiger partial charge in [0.15, 0.2) is 11.5 Å². The largest absolute Gasteiger partial charge is 0.616 e. The Morgan fingerprint density at radius 3 is 2.25 bits per heavy atom. The molecule has 4 aromatic rings. The number of sulfone groups is 1. The van der Waals surface area contributed by atoms with Crippen LogP contribution < -0.4 is 31.3 Å². The standard InChI is InChI=1S/C18H14F3N3O6S.C18H28O3S/c1-10-9-11(24-16(26)22-15(25)23(2)17(24)27)3-8-14(10)30-12-4-6-13(7-5-12)31(28,29)18(19,20)21;1-3-4-5-6-7-8-11-22(19)15(2)12-16-9-10-17-18(13-16)21-14-20-17/h3-9H,1-2H3,(H,22,25,26);9-10,13,15H,3-8,11-12,14H2,1-2H3. The van der Waals surface area contributed by atoms with Crippen LogP contribution in [0.25, 0.3) is 5.69 Å². The van der Waals surface area contributed by atoms with E-state index < -0.39 is 48.5 Å². The Labute approximate surface area is 307 Å². The molecule has 0 amide bonds. The number of alkyl halides is 3. The maximum absolute atomic E-state index is 12.6. The van der Waals surface area contributed by atoms with Crippen LogP contribution in [0.2, 0.25) is 0 Å². The fourth-order valence-electron chi connectivity index (χ4n) is 5.34. The zero-order chi connectivity index (χ0) is 38.9. The third-order valence-corrected chi connectivity index (χ3v) is 11.6. The summed E-state index contributed by atoms with van der Waals surface area (Å²) < 4.78 is 90.7. The van der Waals surface area contributed by atoms with Crippen LogP contribution in [0, 0.1) is 6.92 Å². The van der Waals surface area contributed by atoms with Gasteiger partial charge in [0.2, 0.25) is 6.79 Å². The fourth-order valence-corrected chi connectivity index (χ4v) is 7.37. The minimum absolute atomic E-state index is 0.0640. The summed E-state index contributed by atoms with van der Waals surface area (Å²) in [5.41, 5.74) is -6.29. The fraction of sp³-hybridized carbons (Fsp3) is 0.417. The monoisotopic (exact) mass is 781 g/mol. The molecule has 12 nitrogen and oxygen atoms in total. The van der Waals surface area contributed by atoms with Crippen LogP contribution in [-0.2, 0) is 34.5 Å². The number of halogens is 3. The van der Waals surface area contributed by atoms with Crippen LogP contribution in [0.15, 0.2) is 79.9 Å². The number of rotatable bonds is 14. The van der Waals surface area contributed by atoms with Gasteiger partial charge in [-0.3, -0.25) is 4.98 Å². The van der Waals surface area contributed by atoms with Gasteiger partial charge in [0, 0.05) is 13.5 Å². The van der Waals surface area contributed by atoms with Crippen molar-refractivity contribution < 1.29 is 40.4 Å². The number of fused-ring (bicyclic) bond motifs is 1. The van der Waals surface area contributed by atoms with E-state index in [2.05, 4.69) is 13.8 Å². The van der Waals surface area contributed by atoms with Crippen molar-refractivity contribution in [2.75, 3.05) is 12.5 Å². The van der Waals surface area contributed by atoms with Crippen molar-refractivity contribution >= 4 is 21.0 Å². The Hall–Kier alpha value is -4.48. The van der Waals surface area contributed by atoms with E-state index in [1.54, 1.807) is 6.92 Å². The van der Waals surface area contributed by atoms with Gasteiger partial charge >= 0.3 is 22.6 Å². The molecule has 2 heterocycles. The molecule has 1 N–H and O–H groups in total. The highest BCUT2D eigenvalue weighted by molar-refractivity contribution is 7.92. The van der Waals surface area contributed by atoms with Gasteiger partial charge in [0.25, 0.3) is 9.84 Å². The van der Waals surface area contributed by atoms with E-state index >= 15 is 0 Å². The van der Waals surface area contributed by atoms with E-state index in [1.165, 1.54) is 62.9 Å². The van der Waals surface area contributed by atoms with Crippen LogP contribution >= 0.6 is 0 Å². The number of unbranched alkanes of at least 4 members (excludes halogenated alkanes) is 5. The van der Waals surface area contributed by atoms with Crippen LogP contribution in [0.4, 0.5) is 13.2 Å². The molecule has 0 spiro atoms. The predicted molar refractivity (Wildman–Crippen MR) is 195 cm³/mol. The smallest absolute Gasteiger partial charge is 0.501 e. The minimum Gasteiger partial charge on any atom is -0.616 e. The lowest BCUT2D eigenvalue weighted by atomic mass is 10.1. The molecule has 17 heteroatoms. The second-order valence-corrected chi connectivity index (χ2v) is 16.4. The van der Waals surface area contributed by atoms with E-state index in [1.807, 2.05) is 23.2 Å². The van der Waals surface area contributed by atoms with Crippen molar-refractivity contribution in [1.82, 2.24) is 14.1 Å². The van der Waals surface area contributed by atoms with E-state index in [4.69, 9.17) is 14.2 Å². The van der Waals surface area contributed by atoms with E-state index in [9.17, 15) is 40.5 Å². The third kappa shape index (κ3) is 10.6. The van der Waals surface area contributed by atoms with Gasteiger partial charge in [-0.1, -0.05) is 49.8 Å². The predicted octanol–water partition coefficient (Wildman–Crippen LogP) is 6.07. The molecule has 1 aliphatic heterocycles. The summed E-state index contributed by atoms with van der Waals surface area (Å²) in [4.78, 5) is 36.8. The zero-order valence-electron chi connectivity index (χ0n) is 29.7. The topological polar surface area (TPSA) is 162 Å². The summed E-state index contributed by atoms with van der Waals surface area (Å²) in [6.07, 6.45) is 8.32. The van der Waals surface area contributed by atoms with Gasteiger partial charge in [-0.25, -0.2) is 31.9 Å². The van der Waals surface area contributed by atoms with Gasteiger partial charge in [-0.2, -0.15) is 13.2 Å². The highest BCUT2D eigenvalue weighted by Gasteiger charge is 2.46. The molecule has 53 heavy (non-hydrogen) atoms. The van der Waals surface area contributed by atoms with Crippen LogP contribution in [0.1, 0.15) is 63.5 Å². The van der Waals surface area contributed by atoms with Crippen molar-refractivity contribution in [3.05, 3.63) is 103 Å². The average Bonchev–Trinajstić information content (AvgIpc) is 3.58. The van der Waals surface area contributed by atoms with E-state index in [-0.39, 0.29) is 22.4 Å². The summed E-state index contributed by atoms with van der Waals surface area (Å²) in [5, 5.41) is 0.191. The molecule has 288 valence electrons. The number of hydrogen-bond donors (Lipinski definition) is 1. The number of H-pyrrole nitrogens is 1. The number of aromatic amines is 1. The molecule has 1 aromatic heterocycles. The summed E-state index contributed by atoms with van der Waals surface area (Å²) in [6, 6.07) is 13.9. The van der Waals surface area contributed by atoms with Gasteiger partial charge in [-0.05, 0) is 92.4 Å². The number of nitrogens with zero attached hydrogens (tertiary/aromatic N) is 2. The first-order chi connectivity index (χ1) is 25.0. The maximum atomic E-state index is 12.6. The van der Waals surface area contributed by atoms with Crippen LogP contribution in [0.3, 0.4) is 0 Å². The molecular weight excluding hydrogens is 740 g/mol. The average molecular weight is 782 g/mol. The molecule has 2 atom stereocenters.